The van der Waals surface area contributed by atoms with Crippen molar-refractivity contribution in [3.63, 3.8) is 0 Å². The second-order valence-electron chi connectivity index (χ2n) is 2.95. The summed E-state index contributed by atoms with van der Waals surface area (Å²) in [6.45, 7) is 0. The van der Waals surface area contributed by atoms with Gasteiger partial charge in [-0.2, -0.15) is 5.26 Å². The molecule has 16 heavy (non-hydrogen) atoms. The Bertz CT molecular complexity index is 452. The third kappa shape index (κ3) is 2.17. The summed E-state index contributed by atoms with van der Waals surface area (Å²) in [5.41, 5.74) is 1.06. The van der Waals surface area contributed by atoms with Crippen LogP contribution >= 0.6 is 15.9 Å². The van der Waals surface area contributed by atoms with E-state index in [1.807, 2.05) is 6.07 Å². The molecule has 0 aliphatic rings. The van der Waals surface area contributed by atoms with Crippen LogP contribution < -0.4 is 9.47 Å². The molecule has 0 saturated carbocycles. The Labute approximate surface area is 102 Å². The largest absolute Gasteiger partial charge is 0.493 e. The molecule has 0 spiro atoms. The first-order valence-corrected chi connectivity index (χ1v) is 5.24. The molecule has 1 rings (SSSR count). The first-order valence-electron chi connectivity index (χ1n) is 4.45. The third-order valence-electron chi connectivity index (χ3n) is 2.10. The summed E-state index contributed by atoms with van der Waals surface area (Å²) in [6.07, 6.45) is 0.874. The molecule has 0 saturated heterocycles. The molecule has 4 nitrogen and oxygen atoms in total. The number of nitriles is 1. The number of carbonyl (C=O) groups excluding carboxylic acids is 1. The van der Waals surface area contributed by atoms with Crippen LogP contribution in [0.2, 0.25) is 0 Å². The van der Waals surface area contributed by atoms with E-state index in [0.717, 1.165) is 0 Å². The number of halogens is 1. The molecule has 84 valence electrons. The Hall–Kier alpha value is -1.54. The number of methoxy groups -OCH3 is 2. The number of hydrogen-bond acceptors (Lipinski definition) is 4. The molecule has 0 atom stereocenters. The van der Waals surface area contributed by atoms with Gasteiger partial charge >= 0.3 is 0 Å². The molecule has 0 radical (unpaired) electrons. The van der Waals surface area contributed by atoms with Crippen molar-refractivity contribution in [3.8, 4) is 17.6 Å². The molecular weight excluding hydrogens is 274 g/mol. The first kappa shape index (κ1) is 12.5. The number of ether oxygens (including phenoxy) is 2. The summed E-state index contributed by atoms with van der Waals surface area (Å²) >= 11 is 3.26. The zero-order valence-corrected chi connectivity index (χ0v) is 10.5. The van der Waals surface area contributed by atoms with Crippen molar-refractivity contribution in [1.29, 1.82) is 5.26 Å². The summed E-state index contributed by atoms with van der Waals surface area (Å²) in [5.74, 6) is 0.770. The van der Waals surface area contributed by atoms with Crippen LogP contribution in [0.25, 0.3) is 0 Å². The molecule has 0 aromatic heterocycles. The second-order valence-corrected chi connectivity index (χ2v) is 3.80. The minimum absolute atomic E-state index is 0.192. The van der Waals surface area contributed by atoms with Gasteiger partial charge in [0.25, 0.3) is 0 Å². The Morgan fingerprint density at radius 3 is 2.50 bits per heavy atom. The maximum Gasteiger partial charge on any atom is 0.172 e. The van der Waals surface area contributed by atoms with E-state index in [1.54, 1.807) is 6.07 Å². The van der Waals surface area contributed by atoms with Crippen molar-refractivity contribution in [2.75, 3.05) is 14.2 Å². The van der Waals surface area contributed by atoms with Crippen LogP contribution in [0.5, 0.6) is 11.5 Å². The molecule has 5 heteroatoms. The molecule has 0 aliphatic heterocycles. The first-order chi connectivity index (χ1) is 7.69. The van der Waals surface area contributed by atoms with Gasteiger partial charge in [-0.3, -0.25) is 4.79 Å². The predicted octanol–water partition coefficient (Wildman–Crippen LogP) is 2.34. The quantitative estimate of drug-likeness (QED) is 0.796. The summed E-state index contributed by atoms with van der Waals surface area (Å²) in [4.78, 5) is 10.9. The van der Waals surface area contributed by atoms with Crippen molar-refractivity contribution in [1.82, 2.24) is 0 Å². The van der Waals surface area contributed by atoms with Gasteiger partial charge in [-0.05, 0) is 22.0 Å². The molecular formula is C11H10BrNO3. The zero-order chi connectivity index (χ0) is 12.1. The lowest BCUT2D eigenvalue weighted by atomic mass is 10.1. The van der Waals surface area contributed by atoms with E-state index >= 15 is 0 Å². The van der Waals surface area contributed by atoms with Crippen LogP contribution in [0, 0.1) is 11.3 Å². The fourth-order valence-corrected chi connectivity index (χ4v) is 1.98. The fraction of sp³-hybridized carbons (Fsp3) is 0.273. The average Bonchev–Trinajstić information content (AvgIpc) is 2.28. The van der Waals surface area contributed by atoms with E-state index in [4.69, 9.17) is 14.7 Å². The van der Waals surface area contributed by atoms with E-state index in [1.165, 1.54) is 14.2 Å². The minimum Gasteiger partial charge on any atom is -0.493 e. The standard InChI is InChI=1S/C11H10BrNO3/c1-15-10-7(3-4-13)5-9(12)8(6-14)11(10)16-2/h5-6H,3H2,1-2H3. The number of nitrogens with zero attached hydrogens (tertiary/aromatic N) is 1. The Morgan fingerprint density at radius 2 is 2.06 bits per heavy atom. The highest BCUT2D eigenvalue weighted by Gasteiger charge is 2.17. The SMILES string of the molecule is COc1c(CC#N)cc(Br)c(C=O)c1OC. The number of rotatable bonds is 4. The smallest absolute Gasteiger partial charge is 0.172 e. The predicted molar refractivity (Wildman–Crippen MR) is 62.0 cm³/mol. The molecule has 1 aromatic rings. The molecule has 0 bridgehead atoms. The van der Waals surface area contributed by atoms with Crippen LogP contribution in [0.4, 0.5) is 0 Å². The monoisotopic (exact) mass is 283 g/mol. The Balaban J connectivity index is 3.51. The number of aldehydes is 1. The lowest BCUT2D eigenvalue weighted by molar-refractivity contribution is 0.111. The average molecular weight is 284 g/mol. The molecule has 1 aromatic carbocycles. The van der Waals surface area contributed by atoms with E-state index in [0.29, 0.717) is 33.4 Å². The lowest BCUT2D eigenvalue weighted by Gasteiger charge is -2.14. The van der Waals surface area contributed by atoms with Gasteiger partial charge in [-0.1, -0.05) is 0 Å². The highest BCUT2D eigenvalue weighted by atomic mass is 79.9. The maximum absolute atomic E-state index is 10.9. The summed E-state index contributed by atoms with van der Waals surface area (Å²) in [7, 11) is 2.93. The van der Waals surface area contributed by atoms with Crippen LogP contribution in [-0.4, -0.2) is 20.5 Å². The van der Waals surface area contributed by atoms with Gasteiger partial charge in [0, 0.05) is 10.0 Å². The van der Waals surface area contributed by atoms with E-state index in [-0.39, 0.29) is 6.42 Å². The molecule has 0 aliphatic carbocycles. The molecule has 0 N–H and O–H groups in total. The third-order valence-corrected chi connectivity index (χ3v) is 2.75. The Kier molecular flexibility index (Phi) is 4.32. The fourth-order valence-electron chi connectivity index (χ4n) is 1.43. The van der Waals surface area contributed by atoms with E-state index < -0.39 is 0 Å². The molecule has 0 heterocycles. The van der Waals surface area contributed by atoms with Crippen LogP contribution in [0.15, 0.2) is 10.5 Å². The number of carbonyl (C=O) groups is 1. The van der Waals surface area contributed by atoms with E-state index in [9.17, 15) is 4.79 Å². The van der Waals surface area contributed by atoms with Gasteiger partial charge in [-0.15, -0.1) is 0 Å². The van der Waals surface area contributed by atoms with Crippen molar-refractivity contribution >= 4 is 22.2 Å². The molecule has 0 unspecified atom stereocenters. The molecule has 0 amide bonds. The van der Waals surface area contributed by atoms with Gasteiger partial charge in [0.05, 0.1) is 32.3 Å². The maximum atomic E-state index is 10.9. The highest BCUT2D eigenvalue weighted by Crippen LogP contribution is 2.38. The van der Waals surface area contributed by atoms with Crippen LogP contribution in [0.3, 0.4) is 0 Å². The van der Waals surface area contributed by atoms with Crippen molar-refractivity contribution in [3.05, 3.63) is 21.7 Å². The minimum atomic E-state index is 0.192. The van der Waals surface area contributed by atoms with Crippen molar-refractivity contribution < 1.29 is 14.3 Å². The van der Waals surface area contributed by atoms with Crippen molar-refractivity contribution in [2.45, 2.75) is 6.42 Å². The van der Waals surface area contributed by atoms with Gasteiger partial charge in [-0.25, -0.2) is 0 Å². The van der Waals surface area contributed by atoms with Gasteiger partial charge < -0.3 is 9.47 Å². The normalized spacial score (nSPS) is 9.38. The Morgan fingerprint density at radius 1 is 1.44 bits per heavy atom. The van der Waals surface area contributed by atoms with Gasteiger partial charge in [0.2, 0.25) is 0 Å². The number of benzene rings is 1. The molecule has 0 fully saturated rings. The zero-order valence-electron chi connectivity index (χ0n) is 8.91. The lowest BCUT2D eigenvalue weighted by Crippen LogP contribution is -2.00. The van der Waals surface area contributed by atoms with Gasteiger partial charge in [0.1, 0.15) is 0 Å². The van der Waals surface area contributed by atoms with Crippen molar-refractivity contribution in [2.24, 2.45) is 0 Å². The summed E-state index contributed by atoms with van der Waals surface area (Å²) in [5, 5.41) is 8.69. The summed E-state index contributed by atoms with van der Waals surface area (Å²) < 4.78 is 10.9. The highest BCUT2D eigenvalue weighted by molar-refractivity contribution is 9.10. The number of hydrogen-bond donors (Lipinski definition) is 0. The second kappa shape index (κ2) is 5.52. The van der Waals surface area contributed by atoms with Crippen LogP contribution in [-0.2, 0) is 6.42 Å². The van der Waals surface area contributed by atoms with Gasteiger partial charge in [0.15, 0.2) is 17.8 Å². The summed E-state index contributed by atoms with van der Waals surface area (Å²) in [6, 6.07) is 3.72. The van der Waals surface area contributed by atoms with E-state index in [2.05, 4.69) is 15.9 Å². The topological polar surface area (TPSA) is 59.3 Å². The van der Waals surface area contributed by atoms with Crippen LogP contribution in [0.1, 0.15) is 15.9 Å².